The van der Waals surface area contributed by atoms with Crippen molar-refractivity contribution in [3.05, 3.63) is 48.1 Å². The molecule has 16 heavy (non-hydrogen) atoms. The fourth-order valence-corrected chi connectivity index (χ4v) is 1.76. The maximum atomic E-state index is 4.01. The molecule has 0 atom stereocenters. The Morgan fingerprint density at radius 3 is 2.38 bits per heavy atom. The fraction of sp³-hybridized carbons (Fsp3) is 0.500. The third-order valence-corrected chi connectivity index (χ3v) is 2.44. The van der Waals surface area contributed by atoms with E-state index in [9.17, 15) is 0 Å². The molecule has 90 valence electrons. The molecule has 0 amide bonds. The molecule has 0 rings (SSSR count). The smallest absolute Gasteiger partial charge is 0.00730 e. The largest absolute Gasteiger partial charge is 0.103 e. The first-order chi connectivity index (χ1) is 7.65. The highest BCUT2D eigenvalue weighted by atomic mass is 14.1. The van der Waals surface area contributed by atoms with Crippen molar-refractivity contribution in [2.75, 3.05) is 0 Å². The van der Waals surface area contributed by atoms with Crippen LogP contribution < -0.4 is 0 Å². The molecule has 0 aliphatic rings. The molecule has 0 spiro atoms. The van der Waals surface area contributed by atoms with Crippen LogP contribution in [0.5, 0.6) is 0 Å². The monoisotopic (exact) mass is 218 g/mol. The van der Waals surface area contributed by atoms with Crippen LogP contribution in [0.2, 0.25) is 0 Å². The van der Waals surface area contributed by atoms with Crippen molar-refractivity contribution in [3.63, 3.8) is 0 Å². The van der Waals surface area contributed by atoms with Crippen molar-refractivity contribution in [3.8, 4) is 0 Å². The van der Waals surface area contributed by atoms with E-state index in [1.54, 1.807) is 0 Å². The zero-order valence-corrected chi connectivity index (χ0v) is 11.2. The second kappa shape index (κ2) is 9.21. The number of rotatable bonds is 8. The SMILES string of the molecule is C=CCC(CCC)=C(C=CCC)CC(=C)C. The molecule has 0 aliphatic carbocycles. The highest BCUT2D eigenvalue weighted by Gasteiger charge is 2.02. The van der Waals surface area contributed by atoms with Crippen molar-refractivity contribution in [2.45, 2.75) is 52.9 Å². The molecule has 0 saturated heterocycles. The highest BCUT2D eigenvalue weighted by Crippen LogP contribution is 2.22. The van der Waals surface area contributed by atoms with Gasteiger partial charge in [-0.05, 0) is 38.2 Å². The lowest BCUT2D eigenvalue weighted by molar-refractivity contribution is 0.859. The van der Waals surface area contributed by atoms with E-state index >= 15 is 0 Å². The highest BCUT2D eigenvalue weighted by molar-refractivity contribution is 5.30. The quantitative estimate of drug-likeness (QED) is 0.368. The van der Waals surface area contributed by atoms with Gasteiger partial charge in [0.05, 0.1) is 0 Å². The molecular formula is C16H26. The van der Waals surface area contributed by atoms with Crippen molar-refractivity contribution < 1.29 is 0 Å². The molecule has 0 aromatic carbocycles. The van der Waals surface area contributed by atoms with Gasteiger partial charge < -0.3 is 0 Å². The van der Waals surface area contributed by atoms with Gasteiger partial charge in [-0.1, -0.05) is 56.2 Å². The molecular weight excluding hydrogens is 192 g/mol. The number of hydrogen-bond acceptors (Lipinski definition) is 0. The Balaban J connectivity index is 4.98. The third kappa shape index (κ3) is 6.44. The van der Waals surface area contributed by atoms with Crippen LogP contribution in [0.25, 0.3) is 0 Å². The zero-order valence-electron chi connectivity index (χ0n) is 11.2. The lowest BCUT2D eigenvalue weighted by Gasteiger charge is -2.11. The summed E-state index contributed by atoms with van der Waals surface area (Å²) >= 11 is 0. The first-order valence-electron chi connectivity index (χ1n) is 6.28. The summed E-state index contributed by atoms with van der Waals surface area (Å²) in [5.41, 5.74) is 4.19. The lowest BCUT2D eigenvalue weighted by Crippen LogP contribution is -1.91. The van der Waals surface area contributed by atoms with Gasteiger partial charge in [0.1, 0.15) is 0 Å². The molecule has 0 unspecified atom stereocenters. The Morgan fingerprint density at radius 2 is 1.94 bits per heavy atom. The fourth-order valence-electron chi connectivity index (χ4n) is 1.76. The molecule has 0 fully saturated rings. The van der Waals surface area contributed by atoms with Gasteiger partial charge in [0, 0.05) is 0 Å². The topological polar surface area (TPSA) is 0 Å². The summed E-state index contributed by atoms with van der Waals surface area (Å²) < 4.78 is 0. The molecule has 0 saturated carbocycles. The second-order valence-corrected chi connectivity index (χ2v) is 4.32. The van der Waals surface area contributed by atoms with Gasteiger partial charge in [0.15, 0.2) is 0 Å². The molecule has 0 N–H and O–H groups in total. The first kappa shape index (κ1) is 15.0. The van der Waals surface area contributed by atoms with Gasteiger partial charge in [-0.25, -0.2) is 0 Å². The van der Waals surface area contributed by atoms with Gasteiger partial charge in [-0.3, -0.25) is 0 Å². The zero-order chi connectivity index (χ0) is 12.4. The maximum absolute atomic E-state index is 4.01. The van der Waals surface area contributed by atoms with Gasteiger partial charge in [0.25, 0.3) is 0 Å². The van der Waals surface area contributed by atoms with Crippen LogP contribution in [0.4, 0.5) is 0 Å². The summed E-state index contributed by atoms with van der Waals surface area (Å²) in [4.78, 5) is 0. The van der Waals surface area contributed by atoms with E-state index in [0.29, 0.717) is 0 Å². The Hall–Kier alpha value is -1.04. The maximum Gasteiger partial charge on any atom is -0.00730 e. The van der Waals surface area contributed by atoms with Crippen LogP contribution >= 0.6 is 0 Å². The Morgan fingerprint density at radius 1 is 1.25 bits per heavy atom. The molecule has 0 aromatic heterocycles. The third-order valence-electron chi connectivity index (χ3n) is 2.44. The van der Waals surface area contributed by atoms with Gasteiger partial charge >= 0.3 is 0 Å². The molecule has 0 aliphatic heterocycles. The van der Waals surface area contributed by atoms with E-state index in [1.807, 2.05) is 6.08 Å². The lowest BCUT2D eigenvalue weighted by atomic mass is 9.95. The summed E-state index contributed by atoms with van der Waals surface area (Å²) in [5, 5.41) is 0. The predicted octanol–water partition coefficient (Wildman–Crippen LogP) is 5.59. The van der Waals surface area contributed by atoms with Gasteiger partial charge in [-0.15, -0.1) is 6.58 Å². The van der Waals surface area contributed by atoms with Crippen LogP contribution in [0.15, 0.2) is 48.1 Å². The van der Waals surface area contributed by atoms with E-state index in [1.165, 1.54) is 29.6 Å². The Labute approximate surface area is 101 Å². The van der Waals surface area contributed by atoms with Crippen LogP contribution in [-0.2, 0) is 0 Å². The summed E-state index contributed by atoms with van der Waals surface area (Å²) in [7, 11) is 0. The van der Waals surface area contributed by atoms with E-state index < -0.39 is 0 Å². The molecule has 0 bridgehead atoms. The van der Waals surface area contributed by atoms with Crippen molar-refractivity contribution in [1.82, 2.24) is 0 Å². The Kier molecular flexibility index (Phi) is 8.61. The minimum absolute atomic E-state index is 1.000. The minimum atomic E-state index is 1.000. The van der Waals surface area contributed by atoms with E-state index in [-0.39, 0.29) is 0 Å². The first-order valence-corrected chi connectivity index (χ1v) is 6.28. The molecule has 0 radical (unpaired) electrons. The van der Waals surface area contributed by atoms with Crippen molar-refractivity contribution in [1.29, 1.82) is 0 Å². The average molecular weight is 218 g/mol. The molecule has 0 aromatic rings. The number of allylic oxidation sites excluding steroid dienone is 6. The van der Waals surface area contributed by atoms with Crippen LogP contribution in [-0.4, -0.2) is 0 Å². The van der Waals surface area contributed by atoms with Crippen LogP contribution in [0.3, 0.4) is 0 Å². The summed E-state index contributed by atoms with van der Waals surface area (Å²) in [6.07, 6.45) is 12.0. The standard InChI is InChI=1S/C16H26/c1-6-9-12-16(13-14(4)5)15(10-7-2)11-8-3/h7,9,12H,2,4,6,8,10-11,13H2,1,3,5H3. The van der Waals surface area contributed by atoms with E-state index in [2.05, 4.69) is 46.1 Å². The van der Waals surface area contributed by atoms with E-state index in [4.69, 9.17) is 0 Å². The van der Waals surface area contributed by atoms with Crippen molar-refractivity contribution in [2.24, 2.45) is 0 Å². The molecule has 0 nitrogen and oxygen atoms in total. The second-order valence-electron chi connectivity index (χ2n) is 4.32. The molecule has 0 heterocycles. The minimum Gasteiger partial charge on any atom is -0.103 e. The Bertz CT molecular complexity index is 276. The predicted molar refractivity (Wildman–Crippen MR) is 75.6 cm³/mol. The van der Waals surface area contributed by atoms with Gasteiger partial charge in [-0.2, -0.15) is 0 Å². The summed E-state index contributed by atoms with van der Waals surface area (Å²) in [6, 6.07) is 0. The number of hydrogen-bond donors (Lipinski definition) is 0. The summed E-state index contributed by atoms with van der Waals surface area (Å²) in [5.74, 6) is 0. The molecule has 0 heteroatoms. The van der Waals surface area contributed by atoms with Crippen LogP contribution in [0, 0.1) is 0 Å². The van der Waals surface area contributed by atoms with Gasteiger partial charge in [0.2, 0.25) is 0 Å². The average Bonchev–Trinajstić information content (AvgIpc) is 2.23. The van der Waals surface area contributed by atoms with E-state index in [0.717, 1.165) is 19.3 Å². The normalized spacial score (nSPS) is 12.7. The van der Waals surface area contributed by atoms with Crippen molar-refractivity contribution >= 4 is 0 Å². The van der Waals surface area contributed by atoms with Crippen LogP contribution in [0.1, 0.15) is 52.9 Å². The summed E-state index contributed by atoms with van der Waals surface area (Å²) in [6.45, 7) is 14.3.